The Bertz CT molecular complexity index is 633. The average Bonchev–Trinajstić information content (AvgIpc) is 2.61. The van der Waals surface area contributed by atoms with E-state index in [4.69, 9.17) is 0 Å². The molecule has 2 aromatic rings. The van der Waals surface area contributed by atoms with Crippen LogP contribution in [0.5, 0.6) is 0 Å². The SMILES string of the molecule is CCN(CC)c1ccc(Cc2ccc(N(CC)CC)cc2Br)c(Br)c1. The second-order valence-corrected chi connectivity index (χ2v) is 7.78. The highest BCUT2D eigenvalue weighted by Gasteiger charge is 2.10. The molecule has 0 atom stereocenters. The van der Waals surface area contributed by atoms with Gasteiger partial charge in [-0.2, -0.15) is 0 Å². The van der Waals surface area contributed by atoms with Crippen molar-refractivity contribution in [1.29, 1.82) is 0 Å². The molecule has 0 aliphatic carbocycles. The first-order chi connectivity index (χ1) is 12.0. The van der Waals surface area contributed by atoms with Gasteiger partial charge in [0.15, 0.2) is 0 Å². The van der Waals surface area contributed by atoms with Crippen molar-refractivity contribution in [3.63, 3.8) is 0 Å². The number of halogens is 2. The van der Waals surface area contributed by atoms with Crippen LogP contribution in [0.25, 0.3) is 0 Å². The Balaban J connectivity index is 2.22. The molecule has 136 valence electrons. The van der Waals surface area contributed by atoms with Crippen LogP contribution in [0.3, 0.4) is 0 Å². The van der Waals surface area contributed by atoms with Crippen LogP contribution < -0.4 is 9.80 Å². The van der Waals surface area contributed by atoms with Gasteiger partial charge in [0.05, 0.1) is 0 Å². The number of rotatable bonds is 8. The summed E-state index contributed by atoms with van der Waals surface area (Å²) in [4.78, 5) is 4.73. The third kappa shape index (κ3) is 5.01. The fourth-order valence-corrected chi connectivity index (χ4v) is 4.15. The van der Waals surface area contributed by atoms with Crippen LogP contribution in [0.4, 0.5) is 11.4 Å². The second-order valence-electron chi connectivity index (χ2n) is 6.07. The normalized spacial score (nSPS) is 10.8. The summed E-state index contributed by atoms with van der Waals surface area (Å²) < 4.78 is 2.35. The second kappa shape index (κ2) is 9.63. The summed E-state index contributed by atoms with van der Waals surface area (Å²) in [5.41, 5.74) is 5.17. The minimum atomic E-state index is 0.915. The van der Waals surface area contributed by atoms with Gasteiger partial charge in [0.1, 0.15) is 0 Å². The molecule has 0 amide bonds. The van der Waals surface area contributed by atoms with Crippen molar-refractivity contribution in [2.24, 2.45) is 0 Å². The highest BCUT2D eigenvalue weighted by molar-refractivity contribution is 9.10. The summed E-state index contributed by atoms with van der Waals surface area (Å²) in [5.74, 6) is 0. The van der Waals surface area contributed by atoms with Gasteiger partial charge in [0.2, 0.25) is 0 Å². The minimum Gasteiger partial charge on any atom is -0.372 e. The molecular weight excluding hydrogens is 440 g/mol. The van der Waals surface area contributed by atoms with Crippen molar-refractivity contribution in [3.8, 4) is 0 Å². The van der Waals surface area contributed by atoms with Crippen molar-refractivity contribution in [2.45, 2.75) is 34.1 Å². The van der Waals surface area contributed by atoms with E-state index in [9.17, 15) is 0 Å². The van der Waals surface area contributed by atoms with Gasteiger partial charge in [-0.05, 0) is 69.5 Å². The van der Waals surface area contributed by atoms with Gasteiger partial charge >= 0.3 is 0 Å². The van der Waals surface area contributed by atoms with Gasteiger partial charge in [-0.1, -0.05) is 44.0 Å². The van der Waals surface area contributed by atoms with E-state index in [0.717, 1.165) is 32.6 Å². The first-order valence-electron chi connectivity index (χ1n) is 9.10. The zero-order valence-corrected chi connectivity index (χ0v) is 18.8. The Morgan fingerprint density at radius 3 is 1.28 bits per heavy atom. The number of nitrogens with zero attached hydrogens (tertiary/aromatic N) is 2. The molecule has 0 fully saturated rings. The van der Waals surface area contributed by atoms with Gasteiger partial charge in [-0.25, -0.2) is 0 Å². The van der Waals surface area contributed by atoms with Crippen LogP contribution in [-0.2, 0) is 6.42 Å². The van der Waals surface area contributed by atoms with E-state index in [2.05, 4.69) is 106 Å². The maximum absolute atomic E-state index is 3.77. The molecule has 0 aliphatic rings. The molecular formula is C21H28Br2N2. The fraction of sp³-hybridized carbons (Fsp3) is 0.429. The third-order valence-electron chi connectivity index (χ3n) is 4.71. The monoisotopic (exact) mass is 466 g/mol. The van der Waals surface area contributed by atoms with Crippen LogP contribution >= 0.6 is 31.9 Å². The molecule has 0 bridgehead atoms. The third-order valence-corrected chi connectivity index (χ3v) is 6.19. The van der Waals surface area contributed by atoms with E-state index in [0.29, 0.717) is 0 Å². The summed E-state index contributed by atoms with van der Waals surface area (Å²) in [6, 6.07) is 13.4. The lowest BCUT2D eigenvalue weighted by Gasteiger charge is -2.23. The summed E-state index contributed by atoms with van der Waals surface area (Å²) >= 11 is 7.53. The van der Waals surface area contributed by atoms with E-state index >= 15 is 0 Å². The minimum absolute atomic E-state index is 0.915. The van der Waals surface area contributed by atoms with Crippen molar-refractivity contribution in [2.75, 3.05) is 36.0 Å². The van der Waals surface area contributed by atoms with Gasteiger partial charge in [-0.15, -0.1) is 0 Å². The van der Waals surface area contributed by atoms with Crippen molar-refractivity contribution < 1.29 is 0 Å². The predicted octanol–water partition coefficient (Wildman–Crippen LogP) is 6.49. The Hall–Kier alpha value is -1.00. The molecule has 0 saturated heterocycles. The summed E-state index contributed by atoms with van der Waals surface area (Å²) in [5, 5.41) is 0. The predicted molar refractivity (Wildman–Crippen MR) is 118 cm³/mol. The number of benzene rings is 2. The average molecular weight is 468 g/mol. The van der Waals surface area contributed by atoms with Gasteiger partial charge in [-0.3, -0.25) is 0 Å². The molecule has 0 radical (unpaired) electrons. The van der Waals surface area contributed by atoms with Gasteiger partial charge in [0.25, 0.3) is 0 Å². The maximum atomic E-state index is 3.77. The molecule has 2 rings (SSSR count). The lowest BCUT2D eigenvalue weighted by molar-refractivity contribution is 0.864. The summed E-state index contributed by atoms with van der Waals surface area (Å²) in [6.45, 7) is 12.9. The first kappa shape index (κ1) is 20.3. The topological polar surface area (TPSA) is 6.48 Å². The number of anilines is 2. The Kier molecular flexibility index (Phi) is 7.82. The van der Waals surface area contributed by atoms with Crippen molar-refractivity contribution >= 4 is 43.2 Å². The van der Waals surface area contributed by atoms with Crippen LogP contribution in [0.1, 0.15) is 38.8 Å². The number of hydrogen-bond acceptors (Lipinski definition) is 2. The zero-order chi connectivity index (χ0) is 18.4. The lowest BCUT2D eigenvalue weighted by atomic mass is 10.0. The lowest BCUT2D eigenvalue weighted by Crippen LogP contribution is -2.21. The van der Waals surface area contributed by atoms with E-state index < -0.39 is 0 Å². The highest BCUT2D eigenvalue weighted by Crippen LogP contribution is 2.30. The molecule has 0 N–H and O–H groups in total. The smallest absolute Gasteiger partial charge is 0.0377 e. The van der Waals surface area contributed by atoms with Gasteiger partial charge in [0, 0.05) is 46.5 Å². The quantitative estimate of drug-likeness (QED) is 0.437. The van der Waals surface area contributed by atoms with Gasteiger partial charge < -0.3 is 9.80 Å². The van der Waals surface area contributed by atoms with Crippen molar-refractivity contribution in [1.82, 2.24) is 0 Å². The standard InChI is InChI=1S/C21H28Br2N2/c1-5-24(6-2)18-11-9-16(20(22)14-18)13-17-10-12-19(15-21(17)23)25(7-3)8-4/h9-12,14-15H,5-8,13H2,1-4H3. The van der Waals surface area contributed by atoms with Crippen LogP contribution in [0.15, 0.2) is 45.3 Å². The molecule has 0 spiro atoms. The Morgan fingerprint density at radius 1 is 0.640 bits per heavy atom. The molecule has 0 aliphatic heterocycles. The fourth-order valence-electron chi connectivity index (χ4n) is 3.14. The van der Waals surface area contributed by atoms with Crippen LogP contribution in [-0.4, -0.2) is 26.2 Å². The molecule has 0 saturated carbocycles. The van der Waals surface area contributed by atoms with E-state index in [1.807, 2.05) is 0 Å². The first-order valence-corrected chi connectivity index (χ1v) is 10.7. The molecule has 4 heteroatoms. The van der Waals surface area contributed by atoms with Crippen LogP contribution in [0.2, 0.25) is 0 Å². The van der Waals surface area contributed by atoms with E-state index in [1.165, 1.54) is 31.4 Å². The van der Waals surface area contributed by atoms with Crippen LogP contribution in [0, 0.1) is 0 Å². The summed E-state index contributed by atoms with van der Waals surface area (Å²) in [7, 11) is 0. The van der Waals surface area contributed by atoms with E-state index in [1.54, 1.807) is 0 Å². The maximum Gasteiger partial charge on any atom is 0.0377 e. The van der Waals surface area contributed by atoms with E-state index in [-0.39, 0.29) is 0 Å². The molecule has 0 heterocycles. The molecule has 2 nitrogen and oxygen atoms in total. The zero-order valence-electron chi connectivity index (χ0n) is 15.6. The Morgan fingerprint density at radius 2 is 1.00 bits per heavy atom. The Labute approximate surface area is 169 Å². The molecule has 0 aromatic heterocycles. The molecule has 2 aromatic carbocycles. The highest BCUT2D eigenvalue weighted by atomic mass is 79.9. The van der Waals surface area contributed by atoms with Crippen molar-refractivity contribution in [3.05, 3.63) is 56.5 Å². The molecule has 0 unspecified atom stereocenters. The summed E-state index contributed by atoms with van der Waals surface area (Å²) in [6.07, 6.45) is 0.915. The largest absolute Gasteiger partial charge is 0.372 e. The number of hydrogen-bond donors (Lipinski definition) is 0. The molecule has 25 heavy (non-hydrogen) atoms.